The summed E-state index contributed by atoms with van der Waals surface area (Å²) in [6, 6.07) is 7.98. The molecule has 0 fully saturated rings. The van der Waals surface area contributed by atoms with E-state index < -0.39 is 9.84 Å². The van der Waals surface area contributed by atoms with Gasteiger partial charge in [0.05, 0.1) is 42.1 Å². The van der Waals surface area contributed by atoms with E-state index in [9.17, 15) is 8.42 Å². The molecular formula is C14H20N2O4S. The monoisotopic (exact) mass is 312 g/mol. The molecule has 7 heteroatoms. The molecule has 0 aromatic heterocycles. The van der Waals surface area contributed by atoms with Crippen LogP contribution in [0.2, 0.25) is 0 Å². The second kappa shape index (κ2) is 9.47. The SMILES string of the molecule is COCCOCCNCCS(=O)(=O)c1cccc(C#N)c1. The van der Waals surface area contributed by atoms with E-state index >= 15 is 0 Å². The van der Waals surface area contributed by atoms with Crippen LogP contribution < -0.4 is 5.32 Å². The minimum atomic E-state index is -3.37. The number of nitrogens with zero attached hydrogens (tertiary/aromatic N) is 1. The lowest BCUT2D eigenvalue weighted by molar-refractivity contribution is 0.0722. The third kappa shape index (κ3) is 6.69. The van der Waals surface area contributed by atoms with E-state index in [-0.39, 0.29) is 10.6 Å². The molecule has 0 spiro atoms. The fourth-order valence-corrected chi connectivity index (χ4v) is 2.84. The van der Waals surface area contributed by atoms with Gasteiger partial charge in [0.25, 0.3) is 0 Å². The number of rotatable bonds is 10. The predicted molar refractivity (Wildman–Crippen MR) is 78.8 cm³/mol. The van der Waals surface area contributed by atoms with E-state index in [0.29, 0.717) is 38.5 Å². The second-order valence-corrected chi connectivity index (χ2v) is 6.42. The Hall–Kier alpha value is -1.46. The van der Waals surface area contributed by atoms with Gasteiger partial charge < -0.3 is 14.8 Å². The standard InChI is InChI=1S/C14H20N2O4S/c1-19-8-9-20-7-5-16-6-10-21(17,18)14-4-2-3-13(11-14)12-15/h2-4,11,16H,5-10H2,1H3. The fourth-order valence-electron chi connectivity index (χ4n) is 1.60. The lowest BCUT2D eigenvalue weighted by atomic mass is 10.2. The first-order valence-corrected chi connectivity index (χ1v) is 8.25. The molecule has 0 radical (unpaired) electrons. The molecule has 0 bridgehead atoms. The van der Waals surface area contributed by atoms with Crippen molar-refractivity contribution in [2.24, 2.45) is 0 Å². The van der Waals surface area contributed by atoms with Crippen molar-refractivity contribution in [2.45, 2.75) is 4.90 Å². The molecule has 6 nitrogen and oxygen atoms in total. The molecule has 1 aromatic rings. The maximum atomic E-state index is 12.1. The number of nitrogens with one attached hydrogen (secondary N) is 1. The van der Waals surface area contributed by atoms with Crippen LogP contribution in [0.25, 0.3) is 0 Å². The van der Waals surface area contributed by atoms with Gasteiger partial charge in [-0.05, 0) is 18.2 Å². The quantitative estimate of drug-likeness (QED) is 0.636. The van der Waals surface area contributed by atoms with Gasteiger partial charge in [0, 0.05) is 20.2 Å². The number of ether oxygens (including phenoxy) is 2. The molecular weight excluding hydrogens is 292 g/mol. The third-order valence-electron chi connectivity index (χ3n) is 2.72. The van der Waals surface area contributed by atoms with Gasteiger partial charge in [0.1, 0.15) is 0 Å². The van der Waals surface area contributed by atoms with E-state index in [0.717, 1.165) is 0 Å². The minimum absolute atomic E-state index is 0.0139. The average molecular weight is 312 g/mol. The van der Waals surface area contributed by atoms with Gasteiger partial charge in [-0.2, -0.15) is 5.26 Å². The molecule has 0 aliphatic rings. The summed E-state index contributed by atoms with van der Waals surface area (Å²) in [7, 11) is -1.76. The summed E-state index contributed by atoms with van der Waals surface area (Å²) < 4.78 is 34.2. The van der Waals surface area contributed by atoms with Gasteiger partial charge in [-0.15, -0.1) is 0 Å². The highest BCUT2D eigenvalue weighted by Gasteiger charge is 2.14. The van der Waals surface area contributed by atoms with Crippen molar-refractivity contribution < 1.29 is 17.9 Å². The zero-order valence-electron chi connectivity index (χ0n) is 12.0. The molecule has 0 amide bonds. The van der Waals surface area contributed by atoms with E-state index in [1.165, 1.54) is 12.1 Å². The Morgan fingerprint density at radius 1 is 1.24 bits per heavy atom. The largest absolute Gasteiger partial charge is 0.382 e. The number of methoxy groups -OCH3 is 1. The molecule has 116 valence electrons. The summed E-state index contributed by atoms with van der Waals surface area (Å²) >= 11 is 0. The molecule has 1 rings (SSSR count). The summed E-state index contributed by atoms with van der Waals surface area (Å²) in [5, 5.41) is 11.8. The van der Waals surface area contributed by atoms with Crippen LogP contribution in [0.15, 0.2) is 29.2 Å². The molecule has 1 N–H and O–H groups in total. The van der Waals surface area contributed by atoms with E-state index in [1.807, 2.05) is 6.07 Å². The van der Waals surface area contributed by atoms with Crippen LogP contribution in [-0.2, 0) is 19.3 Å². The van der Waals surface area contributed by atoms with Crippen LogP contribution in [0, 0.1) is 11.3 Å². The first kappa shape index (κ1) is 17.6. The highest BCUT2D eigenvalue weighted by atomic mass is 32.2. The van der Waals surface area contributed by atoms with Crippen LogP contribution >= 0.6 is 0 Å². The second-order valence-electron chi connectivity index (χ2n) is 4.31. The molecule has 0 atom stereocenters. The molecule has 1 aromatic carbocycles. The first-order valence-electron chi connectivity index (χ1n) is 6.60. The van der Waals surface area contributed by atoms with Gasteiger partial charge in [-0.1, -0.05) is 6.07 Å². The molecule has 21 heavy (non-hydrogen) atoms. The highest BCUT2D eigenvalue weighted by molar-refractivity contribution is 7.91. The van der Waals surface area contributed by atoms with Gasteiger partial charge in [0.15, 0.2) is 9.84 Å². The normalized spacial score (nSPS) is 11.2. The molecule has 0 heterocycles. The van der Waals surface area contributed by atoms with Gasteiger partial charge in [-0.25, -0.2) is 8.42 Å². The lowest BCUT2D eigenvalue weighted by Gasteiger charge is -2.07. The maximum Gasteiger partial charge on any atom is 0.179 e. The Morgan fingerprint density at radius 2 is 2.05 bits per heavy atom. The Bertz CT molecular complexity index is 567. The fraction of sp³-hybridized carbons (Fsp3) is 0.500. The lowest BCUT2D eigenvalue weighted by Crippen LogP contribution is -2.26. The number of hydrogen-bond donors (Lipinski definition) is 1. The zero-order valence-corrected chi connectivity index (χ0v) is 12.9. The van der Waals surface area contributed by atoms with Crippen molar-refractivity contribution in [2.75, 3.05) is 45.8 Å². The van der Waals surface area contributed by atoms with Crippen LogP contribution in [0.1, 0.15) is 5.56 Å². The van der Waals surface area contributed by atoms with Gasteiger partial charge in [-0.3, -0.25) is 0 Å². The van der Waals surface area contributed by atoms with E-state index in [2.05, 4.69) is 5.32 Å². The smallest absolute Gasteiger partial charge is 0.179 e. The Labute approximate surface area is 125 Å². The topological polar surface area (TPSA) is 88.4 Å². The molecule has 0 aliphatic carbocycles. The summed E-state index contributed by atoms with van der Waals surface area (Å²) in [4.78, 5) is 0.180. The van der Waals surface area contributed by atoms with Crippen molar-refractivity contribution in [3.8, 4) is 6.07 Å². The highest BCUT2D eigenvalue weighted by Crippen LogP contribution is 2.12. The summed E-state index contributed by atoms with van der Waals surface area (Å²) in [5.74, 6) is -0.0139. The van der Waals surface area contributed by atoms with Crippen LogP contribution in [0.5, 0.6) is 0 Å². The van der Waals surface area contributed by atoms with Crippen molar-refractivity contribution in [3.05, 3.63) is 29.8 Å². The Morgan fingerprint density at radius 3 is 2.76 bits per heavy atom. The first-order chi connectivity index (χ1) is 10.1. The van der Waals surface area contributed by atoms with Crippen LogP contribution in [0.3, 0.4) is 0 Å². The van der Waals surface area contributed by atoms with Gasteiger partial charge in [0.2, 0.25) is 0 Å². The maximum absolute atomic E-state index is 12.1. The van der Waals surface area contributed by atoms with Crippen LogP contribution in [0.4, 0.5) is 0 Å². The van der Waals surface area contributed by atoms with Crippen molar-refractivity contribution in [1.82, 2.24) is 5.32 Å². The van der Waals surface area contributed by atoms with E-state index in [4.69, 9.17) is 14.7 Å². The van der Waals surface area contributed by atoms with E-state index in [1.54, 1.807) is 19.2 Å². The number of benzene rings is 1. The molecule has 0 saturated heterocycles. The molecule has 0 aliphatic heterocycles. The van der Waals surface area contributed by atoms with Gasteiger partial charge >= 0.3 is 0 Å². The van der Waals surface area contributed by atoms with Crippen molar-refractivity contribution >= 4 is 9.84 Å². The summed E-state index contributed by atoms with van der Waals surface area (Å²) in [5.41, 5.74) is 0.343. The average Bonchev–Trinajstić information content (AvgIpc) is 2.50. The summed E-state index contributed by atoms with van der Waals surface area (Å²) in [6.07, 6.45) is 0. The number of hydrogen-bond acceptors (Lipinski definition) is 6. The van der Waals surface area contributed by atoms with Crippen LogP contribution in [-0.4, -0.2) is 54.2 Å². The number of nitriles is 1. The minimum Gasteiger partial charge on any atom is -0.382 e. The third-order valence-corrected chi connectivity index (χ3v) is 4.44. The molecule has 0 unspecified atom stereocenters. The number of sulfone groups is 1. The van der Waals surface area contributed by atoms with Crippen molar-refractivity contribution in [3.63, 3.8) is 0 Å². The molecule has 0 saturated carbocycles. The predicted octanol–water partition coefficient (Wildman–Crippen LogP) is 0.585. The Kier molecular flexibility index (Phi) is 7.93. The Balaban J connectivity index is 2.32. The van der Waals surface area contributed by atoms with Crippen molar-refractivity contribution in [1.29, 1.82) is 5.26 Å². The zero-order chi connectivity index (χ0) is 15.6. The summed E-state index contributed by atoms with van der Waals surface area (Å²) in [6.45, 7) is 2.50.